The van der Waals surface area contributed by atoms with Crippen LogP contribution in [-0.2, 0) is 0 Å². The maximum atomic E-state index is 12.8. The lowest BCUT2D eigenvalue weighted by Crippen LogP contribution is -2.31. The molecule has 2 aromatic carbocycles. The van der Waals surface area contributed by atoms with Gasteiger partial charge in [-0.3, -0.25) is 9.78 Å². The molecule has 1 fully saturated rings. The van der Waals surface area contributed by atoms with E-state index in [4.69, 9.17) is 4.74 Å². The molecule has 1 aliphatic heterocycles. The van der Waals surface area contributed by atoms with Crippen molar-refractivity contribution in [3.63, 3.8) is 0 Å². The number of nitrogens with one attached hydrogen (secondary N) is 1. The number of hydrogen-bond donors (Lipinski definition) is 1. The summed E-state index contributed by atoms with van der Waals surface area (Å²) in [5.41, 5.74) is 3.48. The molecule has 5 nitrogen and oxygen atoms in total. The molecule has 0 saturated carbocycles. The molecule has 1 aliphatic rings. The van der Waals surface area contributed by atoms with Gasteiger partial charge in [0.2, 0.25) is 0 Å². The maximum Gasteiger partial charge on any atom is 0.253 e. The highest BCUT2D eigenvalue weighted by Crippen LogP contribution is 2.24. The van der Waals surface area contributed by atoms with Gasteiger partial charge in [-0.2, -0.15) is 0 Å². The minimum Gasteiger partial charge on any atom is -0.497 e. The van der Waals surface area contributed by atoms with Gasteiger partial charge in [0.25, 0.3) is 5.91 Å². The van der Waals surface area contributed by atoms with Crippen molar-refractivity contribution in [2.45, 2.75) is 13.3 Å². The number of aromatic nitrogens is 1. The van der Waals surface area contributed by atoms with Gasteiger partial charge in [0.05, 0.1) is 23.9 Å². The first-order valence-corrected chi connectivity index (χ1v) is 9.67. The average Bonchev–Trinajstić information content (AvgIpc) is 3.21. The van der Waals surface area contributed by atoms with E-state index >= 15 is 0 Å². The van der Waals surface area contributed by atoms with E-state index in [2.05, 4.69) is 39.5 Å². The van der Waals surface area contributed by atoms with Gasteiger partial charge < -0.3 is 15.0 Å². The van der Waals surface area contributed by atoms with E-state index < -0.39 is 0 Å². The predicted octanol–water partition coefficient (Wildman–Crippen LogP) is 3.81. The third-order valence-corrected chi connectivity index (χ3v) is 5.42. The molecular formula is C23H25N3O2. The number of hydrogen-bond acceptors (Lipinski definition) is 4. The predicted molar refractivity (Wildman–Crippen MR) is 112 cm³/mol. The summed E-state index contributed by atoms with van der Waals surface area (Å²) in [5.74, 6) is 1.15. The zero-order chi connectivity index (χ0) is 19.5. The fourth-order valence-electron chi connectivity index (χ4n) is 3.81. The number of carbonyl (C=O) groups excluding carboxylic acids is 1. The lowest BCUT2D eigenvalue weighted by atomic mass is 10.1. The number of methoxy groups -OCH3 is 1. The second kappa shape index (κ2) is 7.89. The van der Waals surface area contributed by atoms with Crippen molar-refractivity contribution in [1.29, 1.82) is 0 Å². The normalized spacial score (nSPS) is 16.4. The number of para-hydroxylation sites is 1. The summed E-state index contributed by atoms with van der Waals surface area (Å²) in [6.45, 7) is 4.56. The number of nitrogens with zero attached hydrogens (tertiary/aromatic N) is 2. The van der Waals surface area contributed by atoms with Crippen molar-refractivity contribution < 1.29 is 9.53 Å². The Bertz CT molecular complexity index is 988. The molecule has 1 saturated heterocycles. The number of ether oxygens (including phenoxy) is 1. The number of benzene rings is 2. The van der Waals surface area contributed by atoms with Crippen LogP contribution in [0.15, 0.2) is 54.6 Å². The van der Waals surface area contributed by atoms with E-state index in [0.29, 0.717) is 18.0 Å². The summed E-state index contributed by atoms with van der Waals surface area (Å²) < 4.78 is 5.28. The van der Waals surface area contributed by atoms with Crippen LogP contribution in [0.1, 0.15) is 22.5 Å². The molecule has 1 aromatic heterocycles. The maximum absolute atomic E-state index is 12.8. The van der Waals surface area contributed by atoms with Crippen LogP contribution >= 0.6 is 0 Å². The highest BCUT2D eigenvalue weighted by Gasteiger charge is 2.23. The molecule has 28 heavy (non-hydrogen) atoms. The zero-order valence-electron chi connectivity index (χ0n) is 16.3. The molecule has 3 aromatic rings. The van der Waals surface area contributed by atoms with E-state index in [1.54, 1.807) is 7.11 Å². The van der Waals surface area contributed by atoms with Gasteiger partial charge in [0.15, 0.2) is 0 Å². The minimum absolute atomic E-state index is 0.0621. The Morgan fingerprint density at radius 1 is 1.21 bits per heavy atom. The van der Waals surface area contributed by atoms with E-state index in [1.807, 2.05) is 37.3 Å². The summed E-state index contributed by atoms with van der Waals surface area (Å²) in [4.78, 5) is 19.7. The smallest absolute Gasteiger partial charge is 0.253 e. The van der Waals surface area contributed by atoms with E-state index in [-0.39, 0.29) is 5.91 Å². The first-order valence-electron chi connectivity index (χ1n) is 9.67. The van der Waals surface area contributed by atoms with Crippen LogP contribution in [0.25, 0.3) is 10.9 Å². The summed E-state index contributed by atoms with van der Waals surface area (Å²) in [7, 11) is 1.64. The molecule has 2 heterocycles. The third-order valence-electron chi connectivity index (χ3n) is 5.42. The molecule has 1 N–H and O–H groups in total. The quantitative estimate of drug-likeness (QED) is 0.737. The molecule has 144 valence electrons. The second-order valence-corrected chi connectivity index (χ2v) is 7.33. The standard InChI is InChI=1S/C23H25N3O2/c1-16-21(13-18-12-20(28-2)8-9-22(18)25-16)23(27)24-14-17-10-11-26(15-17)19-6-4-3-5-7-19/h3-9,12-13,17H,10-11,14-15H2,1-2H3,(H,24,27). The fraction of sp³-hybridized carbons (Fsp3) is 0.304. The zero-order valence-corrected chi connectivity index (χ0v) is 16.3. The summed E-state index contributed by atoms with van der Waals surface area (Å²) >= 11 is 0. The number of fused-ring (bicyclic) bond motifs is 1. The van der Waals surface area contributed by atoms with Crippen LogP contribution in [0.3, 0.4) is 0 Å². The number of aryl methyl sites for hydroxylation is 1. The van der Waals surface area contributed by atoms with Crippen molar-refractivity contribution >= 4 is 22.5 Å². The average molecular weight is 375 g/mol. The van der Waals surface area contributed by atoms with Crippen molar-refractivity contribution in [2.75, 3.05) is 31.6 Å². The van der Waals surface area contributed by atoms with Gasteiger partial charge in [0.1, 0.15) is 5.75 Å². The Balaban J connectivity index is 1.42. The third kappa shape index (κ3) is 3.79. The first-order chi connectivity index (χ1) is 13.6. The van der Waals surface area contributed by atoms with Crippen LogP contribution in [-0.4, -0.2) is 37.6 Å². The molecule has 1 atom stereocenters. The molecule has 0 bridgehead atoms. The van der Waals surface area contributed by atoms with Gasteiger partial charge in [0, 0.05) is 30.7 Å². The van der Waals surface area contributed by atoms with Crippen molar-refractivity contribution in [2.24, 2.45) is 5.92 Å². The number of carbonyl (C=O) groups is 1. The topological polar surface area (TPSA) is 54.5 Å². The second-order valence-electron chi connectivity index (χ2n) is 7.33. The van der Waals surface area contributed by atoms with E-state index in [1.165, 1.54) is 5.69 Å². The van der Waals surface area contributed by atoms with Crippen LogP contribution in [0, 0.1) is 12.8 Å². The molecule has 1 amide bonds. The minimum atomic E-state index is -0.0621. The highest BCUT2D eigenvalue weighted by molar-refractivity contribution is 5.98. The summed E-state index contributed by atoms with van der Waals surface area (Å²) in [6.07, 6.45) is 1.08. The van der Waals surface area contributed by atoms with Gasteiger partial charge >= 0.3 is 0 Å². The van der Waals surface area contributed by atoms with Crippen LogP contribution in [0.4, 0.5) is 5.69 Å². The number of anilines is 1. The van der Waals surface area contributed by atoms with Crippen LogP contribution in [0.5, 0.6) is 5.75 Å². The SMILES string of the molecule is COc1ccc2nc(C)c(C(=O)NCC3CCN(c4ccccc4)C3)cc2c1. The molecule has 1 unspecified atom stereocenters. The summed E-state index contributed by atoms with van der Waals surface area (Å²) in [6, 6.07) is 18.1. The van der Waals surface area contributed by atoms with Gasteiger partial charge in [-0.1, -0.05) is 18.2 Å². The van der Waals surface area contributed by atoms with E-state index in [9.17, 15) is 4.79 Å². The Hall–Kier alpha value is -3.08. The van der Waals surface area contributed by atoms with Crippen molar-refractivity contribution in [1.82, 2.24) is 10.3 Å². The highest BCUT2D eigenvalue weighted by atomic mass is 16.5. The number of pyridine rings is 1. The van der Waals surface area contributed by atoms with Gasteiger partial charge in [-0.05, 0) is 55.7 Å². The Morgan fingerprint density at radius 2 is 2.04 bits per heavy atom. The first kappa shape index (κ1) is 18.3. The lowest BCUT2D eigenvalue weighted by molar-refractivity contribution is 0.0947. The summed E-state index contributed by atoms with van der Waals surface area (Å²) in [5, 5.41) is 4.02. The van der Waals surface area contributed by atoms with E-state index in [0.717, 1.165) is 41.9 Å². The Morgan fingerprint density at radius 3 is 2.82 bits per heavy atom. The fourth-order valence-corrected chi connectivity index (χ4v) is 3.81. The van der Waals surface area contributed by atoms with Gasteiger partial charge in [-0.25, -0.2) is 0 Å². The lowest BCUT2D eigenvalue weighted by Gasteiger charge is -2.18. The molecule has 4 rings (SSSR count). The molecule has 0 aliphatic carbocycles. The van der Waals surface area contributed by atoms with Crippen molar-refractivity contribution in [3.8, 4) is 5.75 Å². The Labute approximate surface area is 165 Å². The Kier molecular flexibility index (Phi) is 5.15. The molecule has 0 spiro atoms. The largest absolute Gasteiger partial charge is 0.497 e. The van der Waals surface area contributed by atoms with Gasteiger partial charge in [-0.15, -0.1) is 0 Å². The monoisotopic (exact) mass is 375 g/mol. The van der Waals surface area contributed by atoms with Crippen LogP contribution < -0.4 is 15.0 Å². The van der Waals surface area contributed by atoms with Crippen molar-refractivity contribution in [3.05, 3.63) is 65.9 Å². The van der Waals surface area contributed by atoms with Crippen LogP contribution in [0.2, 0.25) is 0 Å². The number of amides is 1. The molecule has 0 radical (unpaired) electrons. The molecule has 5 heteroatoms. The molecular weight excluding hydrogens is 350 g/mol. The number of rotatable bonds is 5.